The molecule has 0 aliphatic carbocycles. The van der Waals surface area contributed by atoms with E-state index in [1.54, 1.807) is 12.1 Å². The molecule has 1 N–H and O–H groups in total. The van der Waals surface area contributed by atoms with Gasteiger partial charge in [0.15, 0.2) is 0 Å². The molecule has 3 nitrogen and oxygen atoms in total. The molecule has 2 rings (SSSR count). The summed E-state index contributed by atoms with van der Waals surface area (Å²) in [6.45, 7) is 3.73. The van der Waals surface area contributed by atoms with E-state index < -0.39 is 0 Å². The number of rotatable bonds is 3. The fourth-order valence-electron chi connectivity index (χ4n) is 2.20. The Balaban J connectivity index is 1.90. The third-order valence-electron chi connectivity index (χ3n) is 3.26. The molecule has 0 aromatic heterocycles. The minimum Gasteiger partial charge on any atom is -0.374 e. The first kappa shape index (κ1) is 12.9. The number of hydrogen-bond acceptors (Lipinski definition) is 2. The van der Waals surface area contributed by atoms with E-state index in [0.29, 0.717) is 5.69 Å². The molecular formula is C14H19FN2O. The van der Waals surface area contributed by atoms with E-state index in [1.807, 2.05) is 11.8 Å². The van der Waals surface area contributed by atoms with Crippen molar-refractivity contribution >= 4 is 11.6 Å². The van der Waals surface area contributed by atoms with Gasteiger partial charge in [-0.15, -0.1) is 0 Å². The molecule has 1 aliphatic heterocycles. The highest BCUT2D eigenvalue weighted by Gasteiger charge is 2.16. The number of carbonyl (C=O) groups excluding carboxylic acids is 1. The van der Waals surface area contributed by atoms with E-state index in [2.05, 4.69) is 5.32 Å². The Hall–Kier alpha value is -1.58. The van der Waals surface area contributed by atoms with Crippen LogP contribution < -0.4 is 5.32 Å². The van der Waals surface area contributed by atoms with Crippen LogP contribution >= 0.6 is 0 Å². The maximum absolute atomic E-state index is 13.5. The van der Waals surface area contributed by atoms with Gasteiger partial charge in [0.25, 0.3) is 0 Å². The number of carbonyl (C=O) groups is 1. The Bertz CT molecular complexity index is 428. The summed E-state index contributed by atoms with van der Waals surface area (Å²) in [7, 11) is 0. The zero-order valence-electron chi connectivity index (χ0n) is 10.7. The maximum atomic E-state index is 13.5. The van der Waals surface area contributed by atoms with Crippen LogP contribution in [0.15, 0.2) is 18.2 Å². The van der Waals surface area contributed by atoms with Crippen molar-refractivity contribution in [1.29, 1.82) is 0 Å². The van der Waals surface area contributed by atoms with Crippen molar-refractivity contribution < 1.29 is 9.18 Å². The molecule has 18 heavy (non-hydrogen) atoms. The second kappa shape index (κ2) is 5.85. The third-order valence-corrected chi connectivity index (χ3v) is 3.26. The highest BCUT2D eigenvalue weighted by Crippen LogP contribution is 2.15. The molecule has 0 saturated carbocycles. The number of benzene rings is 1. The second-order valence-electron chi connectivity index (χ2n) is 4.78. The number of nitrogens with zero attached hydrogens (tertiary/aromatic N) is 1. The SMILES string of the molecule is Cc1ccc(F)c(NCC(=O)N2CCCCC2)c1. The lowest BCUT2D eigenvalue weighted by Gasteiger charge is -2.27. The summed E-state index contributed by atoms with van der Waals surface area (Å²) < 4.78 is 13.5. The van der Waals surface area contributed by atoms with Crippen LogP contribution in [0.2, 0.25) is 0 Å². The Morgan fingerprint density at radius 2 is 2.06 bits per heavy atom. The number of anilines is 1. The molecule has 1 heterocycles. The molecule has 1 aliphatic rings. The van der Waals surface area contributed by atoms with Crippen LogP contribution in [0.5, 0.6) is 0 Å². The van der Waals surface area contributed by atoms with E-state index in [4.69, 9.17) is 0 Å². The van der Waals surface area contributed by atoms with Gasteiger partial charge < -0.3 is 10.2 Å². The van der Waals surface area contributed by atoms with Crippen LogP contribution in [0, 0.1) is 12.7 Å². The fourth-order valence-corrected chi connectivity index (χ4v) is 2.20. The van der Waals surface area contributed by atoms with Crippen LogP contribution in [-0.2, 0) is 4.79 Å². The van der Waals surface area contributed by atoms with Crippen molar-refractivity contribution in [2.24, 2.45) is 0 Å². The highest BCUT2D eigenvalue weighted by atomic mass is 19.1. The van der Waals surface area contributed by atoms with Crippen molar-refractivity contribution in [3.8, 4) is 0 Å². The smallest absolute Gasteiger partial charge is 0.241 e. The summed E-state index contributed by atoms with van der Waals surface area (Å²) in [6, 6.07) is 4.86. The van der Waals surface area contributed by atoms with Gasteiger partial charge in [-0.2, -0.15) is 0 Å². The Morgan fingerprint density at radius 3 is 2.78 bits per heavy atom. The largest absolute Gasteiger partial charge is 0.374 e. The summed E-state index contributed by atoms with van der Waals surface area (Å²) in [5.41, 5.74) is 1.38. The van der Waals surface area contributed by atoms with Crippen molar-refractivity contribution in [2.45, 2.75) is 26.2 Å². The van der Waals surface area contributed by atoms with Gasteiger partial charge in [-0.25, -0.2) is 4.39 Å². The Morgan fingerprint density at radius 1 is 1.33 bits per heavy atom. The number of piperidine rings is 1. The lowest BCUT2D eigenvalue weighted by Crippen LogP contribution is -2.39. The second-order valence-corrected chi connectivity index (χ2v) is 4.78. The maximum Gasteiger partial charge on any atom is 0.241 e. The highest BCUT2D eigenvalue weighted by molar-refractivity contribution is 5.81. The first-order valence-electron chi connectivity index (χ1n) is 6.44. The van der Waals surface area contributed by atoms with Crippen LogP contribution in [0.4, 0.5) is 10.1 Å². The number of likely N-dealkylation sites (tertiary alicyclic amines) is 1. The summed E-state index contributed by atoms with van der Waals surface area (Å²) in [5, 5.41) is 2.88. The molecule has 0 bridgehead atoms. The minimum atomic E-state index is -0.313. The van der Waals surface area contributed by atoms with Gasteiger partial charge in [-0.05, 0) is 43.9 Å². The monoisotopic (exact) mass is 250 g/mol. The summed E-state index contributed by atoms with van der Waals surface area (Å²) in [5.74, 6) is -0.261. The van der Waals surface area contributed by atoms with Crippen LogP contribution in [0.3, 0.4) is 0 Å². The predicted molar refractivity (Wildman–Crippen MR) is 70.1 cm³/mol. The Kier molecular flexibility index (Phi) is 4.18. The minimum absolute atomic E-state index is 0.0515. The number of amides is 1. The van der Waals surface area contributed by atoms with E-state index >= 15 is 0 Å². The number of halogens is 1. The molecular weight excluding hydrogens is 231 g/mol. The van der Waals surface area contributed by atoms with Crippen molar-refractivity contribution in [2.75, 3.05) is 25.0 Å². The average molecular weight is 250 g/mol. The standard InChI is InChI=1S/C14H19FN2O/c1-11-5-6-12(15)13(9-11)16-10-14(18)17-7-3-2-4-8-17/h5-6,9,16H,2-4,7-8,10H2,1H3. The Labute approximate surface area is 107 Å². The lowest BCUT2D eigenvalue weighted by atomic mass is 10.1. The van der Waals surface area contributed by atoms with Crippen molar-refractivity contribution in [1.82, 2.24) is 4.90 Å². The molecule has 1 amide bonds. The average Bonchev–Trinajstić information content (AvgIpc) is 2.40. The van der Waals surface area contributed by atoms with Crippen molar-refractivity contribution in [3.63, 3.8) is 0 Å². The van der Waals surface area contributed by atoms with Gasteiger partial charge in [-0.1, -0.05) is 6.07 Å². The van der Waals surface area contributed by atoms with E-state index in [9.17, 15) is 9.18 Å². The van der Waals surface area contributed by atoms with E-state index in [0.717, 1.165) is 31.5 Å². The molecule has 4 heteroatoms. The zero-order chi connectivity index (χ0) is 13.0. The molecule has 98 valence electrons. The van der Waals surface area contributed by atoms with Gasteiger partial charge in [0.1, 0.15) is 5.82 Å². The topological polar surface area (TPSA) is 32.3 Å². The van der Waals surface area contributed by atoms with Crippen LogP contribution in [0.25, 0.3) is 0 Å². The lowest BCUT2D eigenvalue weighted by molar-refractivity contribution is -0.130. The van der Waals surface area contributed by atoms with Gasteiger partial charge in [0, 0.05) is 13.1 Å². The number of aryl methyl sites for hydroxylation is 1. The van der Waals surface area contributed by atoms with Crippen LogP contribution in [-0.4, -0.2) is 30.4 Å². The fraction of sp³-hybridized carbons (Fsp3) is 0.500. The van der Waals surface area contributed by atoms with Gasteiger partial charge in [-0.3, -0.25) is 4.79 Å². The van der Waals surface area contributed by atoms with Gasteiger partial charge in [0.2, 0.25) is 5.91 Å². The molecule has 1 saturated heterocycles. The summed E-state index contributed by atoms with van der Waals surface area (Å²) in [6.07, 6.45) is 3.35. The molecule has 0 unspecified atom stereocenters. The molecule has 1 fully saturated rings. The third kappa shape index (κ3) is 3.22. The zero-order valence-corrected chi connectivity index (χ0v) is 10.7. The molecule has 0 spiro atoms. The number of nitrogens with one attached hydrogen (secondary N) is 1. The quantitative estimate of drug-likeness (QED) is 0.894. The molecule has 0 radical (unpaired) electrons. The molecule has 1 aromatic rings. The van der Waals surface area contributed by atoms with Gasteiger partial charge in [0.05, 0.1) is 12.2 Å². The number of hydrogen-bond donors (Lipinski definition) is 1. The van der Waals surface area contributed by atoms with Crippen molar-refractivity contribution in [3.05, 3.63) is 29.6 Å². The first-order chi connectivity index (χ1) is 8.66. The molecule has 0 atom stereocenters. The van der Waals surface area contributed by atoms with E-state index in [1.165, 1.54) is 12.5 Å². The van der Waals surface area contributed by atoms with Crippen LogP contribution in [0.1, 0.15) is 24.8 Å². The predicted octanol–water partition coefficient (Wildman–Crippen LogP) is 2.56. The summed E-state index contributed by atoms with van der Waals surface area (Å²) in [4.78, 5) is 13.8. The summed E-state index contributed by atoms with van der Waals surface area (Å²) >= 11 is 0. The first-order valence-corrected chi connectivity index (χ1v) is 6.44. The molecule has 1 aromatic carbocycles. The normalized spacial score (nSPS) is 15.6. The van der Waals surface area contributed by atoms with E-state index in [-0.39, 0.29) is 18.3 Å². The van der Waals surface area contributed by atoms with Gasteiger partial charge >= 0.3 is 0 Å².